The number of hydrogen-bond donors (Lipinski definition) is 1. The molecule has 8 heteroatoms. The van der Waals surface area contributed by atoms with Crippen LogP contribution in [0.15, 0.2) is 78.4 Å². The summed E-state index contributed by atoms with van der Waals surface area (Å²) in [5, 5.41) is 12.5. The molecule has 4 rings (SSSR count). The van der Waals surface area contributed by atoms with Crippen molar-refractivity contribution < 1.29 is 19.0 Å². The molecule has 1 saturated heterocycles. The standard InChI is InChI=1S/C34H40N4O4/c1-40-31-14-7-6-13-30(31)38-21-19-37(20-22-38)18-9-23-42-33-25-28(15-16-32(33)41-2)24-29(26-35)34(39)36-17-8-12-27-10-4-3-5-11-27/h3-7,10-11,13-16,24-25H,8-9,12,17-23H2,1-2H3,(H,36,39)/b29-24+. The van der Waals surface area contributed by atoms with Gasteiger partial charge in [0.1, 0.15) is 17.4 Å². The van der Waals surface area contributed by atoms with Gasteiger partial charge in [0.25, 0.3) is 5.91 Å². The van der Waals surface area contributed by atoms with E-state index in [0.717, 1.165) is 63.4 Å². The summed E-state index contributed by atoms with van der Waals surface area (Å²) in [7, 11) is 3.31. The van der Waals surface area contributed by atoms with E-state index in [2.05, 4.69) is 33.3 Å². The van der Waals surface area contributed by atoms with Gasteiger partial charge in [-0.25, -0.2) is 0 Å². The minimum absolute atomic E-state index is 0.0538. The van der Waals surface area contributed by atoms with Gasteiger partial charge < -0.3 is 24.4 Å². The number of amides is 1. The number of para-hydroxylation sites is 2. The number of ether oxygens (including phenoxy) is 3. The molecule has 1 fully saturated rings. The SMILES string of the molecule is COc1ccc(/C=C(\C#N)C(=O)NCCCc2ccccc2)cc1OCCCN1CCN(c2ccccc2OC)CC1. The van der Waals surface area contributed by atoms with Crippen LogP contribution in [0.5, 0.6) is 17.2 Å². The van der Waals surface area contributed by atoms with E-state index in [4.69, 9.17) is 14.2 Å². The third-order valence-corrected chi connectivity index (χ3v) is 7.31. The van der Waals surface area contributed by atoms with Crippen LogP contribution in [0.1, 0.15) is 24.0 Å². The first kappa shape index (κ1) is 30.5. The summed E-state index contributed by atoms with van der Waals surface area (Å²) >= 11 is 0. The van der Waals surface area contributed by atoms with Crippen LogP contribution < -0.4 is 24.4 Å². The molecular weight excluding hydrogens is 528 g/mol. The topological polar surface area (TPSA) is 87.1 Å². The Kier molecular flexibility index (Phi) is 11.7. The Hall–Kier alpha value is -4.48. The van der Waals surface area contributed by atoms with Gasteiger partial charge in [-0.1, -0.05) is 48.5 Å². The first-order valence-electron chi connectivity index (χ1n) is 14.5. The molecule has 1 heterocycles. The van der Waals surface area contributed by atoms with E-state index in [1.165, 1.54) is 5.56 Å². The van der Waals surface area contributed by atoms with Crippen LogP contribution >= 0.6 is 0 Å². The molecule has 1 amide bonds. The minimum atomic E-state index is -0.380. The molecule has 1 aliphatic rings. The lowest BCUT2D eigenvalue weighted by atomic mass is 10.1. The third kappa shape index (κ3) is 8.76. The summed E-state index contributed by atoms with van der Waals surface area (Å²) in [4.78, 5) is 17.4. The highest BCUT2D eigenvalue weighted by Crippen LogP contribution is 2.30. The summed E-state index contributed by atoms with van der Waals surface area (Å²) in [5.41, 5.74) is 3.12. The van der Waals surface area contributed by atoms with Crippen molar-refractivity contribution in [2.45, 2.75) is 19.3 Å². The lowest BCUT2D eigenvalue weighted by Crippen LogP contribution is -2.46. The maximum absolute atomic E-state index is 12.6. The van der Waals surface area contributed by atoms with Gasteiger partial charge in [0.15, 0.2) is 11.5 Å². The Morgan fingerprint density at radius 3 is 2.38 bits per heavy atom. The van der Waals surface area contributed by atoms with E-state index >= 15 is 0 Å². The number of benzene rings is 3. The molecule has 0 radical (unpaired) electrons. The maximum atomic E-state index is 12.6. The number of piperazine rings is 1. The number of methoxy groups -OCH3 is 2. The number of carbonyl (C=O) groups is 1. The highest BCUT2D eigenvalue weighted by atomic mass is 16.5. The molecule has 8 nitrogen and oxygen atoms in total. The number of hydrogen-bond acceptors (Lipinski definition) is 7. The summed E-state index contributed by atoms with van der Waals surface area (Å²) in [6.45, 7) is 5.82. The fourth-order valence-electron chi connectivity index (χ4n) is 5.02. The van der Waals surface area contributed by atoms with Gasteiger partial charge in [-0.3, -0.25) is 9.69 Å². The highest BCUT2D eigenvalue weighted by Gasteiger charge is 2.19. The number of aryl methyl sites for hydroxylation is 1. The average molecular weight is 569 g/mol. The molecule has 0 bridgehead atoms. The summed E-state index contributed by atoms with van der Waals surface area (Å²) < 4.78 is 17.1. The molecule has 0 aliphatic carbocycles. The second-order valence-corrected chi connectivity index (χ2v) is 10.1. The predicted molar refractivity (Wildman–Crippen MR) is 166 cm³/mol. The van der Waals surface area contributed by atoms with Gasteiger partial charge in [0.2, 0.25) is 0 Å². The second-order valence-electron chi connectivity index (χ2n) is 10.1. The molecule has 3 aromatic carbocycles. The van der Waals surface area contributed by atoms with Crippen LogP contribution in [0.25, 0.3) is 6.08 Å². The van der Waals surface area contributed by atoms with Crippen molar-refractivity contribution in [1.82, 2.24) is 10.2 Å². The van der Waals surface area contributed by atoms with Gasteiger partial charge >= 0.3 is 0 Å². The van der Waals surface area contributed by atoms with Gasteiger partial charge in [-0.15, -0.1) is 0 Å². The molecule has 1 aliphatic heterocycles. The fourth-order valence-corrected chi connectivity index (χ4v) is 5.02. The summed E-state index contributed by atoms with van der Waals surface area (Å²) in [6.07, 6.45) is 4.12. The lowest BCUT2D eigenvalue weighted by molar-refractivity contribution is -0.117. The zero-order valence-corrected chi connectivity index (χ0v) is 24.6. The van der Waals surface area contributed by atoms with Gasteiger partial charge in [-0.2, -0.15) is 5.26 Å². The van der Waals surface area contributed by atoms with Crippen molar-refractivity contribution >= 4 is 17.7 Å². The van der Waals surface area contributed by atoms with Crippen molar-refractivity contribution in [3.63, 3.8) is 0 Å². The second kappa shape index (κ2) is 16.1. The molecule has 0 saturated carbocycles. The zero-order chi connectivity index (χ0) is 29.6. The van der Waals surface area contributed by atoms with Crippen LogP contribution in [0.4, 0.5) is 5.69 Å². The number of anilines is 1. The lowest BCUT2D eigenvalue weighted by Gasteiger charge is -2.36. The van der Waals surface area contributed by atoms with Crippen molar-refractivity contribution in [2.24, 2.45) is 0 Å². The van der Waals surface area contributed by atoms with Crippen LogP contribution in [-0.4, -0.2) is 70.9 Å². The van der Waals surface area contributed by atoms with Crippen LogP contribution in [-0.2, 0) is 11.2 Å². The summed E-state index contributed by atoms with van der Waals surface area (Å²) in [5.74, 6) is 1.73. The Morgan fingerprint density at radius 1 is 0.905 bits per heavy atom. The molecule has 0 unspecified atom stereocenters. The van der Waals surface area contributed by atoms with Crippen molar-refractivity contribution in [3.8, 4) is 23.3 Å². The zero-order valence-electron chi connectivity index (χ0n) is 24.6. The Bertz CT molecular complexity index is 1360. The van der Waals surface area contributed by atoms with Gasteiger partial charge in [0.05, 0.1) is 26.5 Å². The fraction of sp³-hybridized carbons (Fsp3) is 0.353. The van der Waals surface area contributed by atoms with Gasteiger partial charge in [-0.05, 0) is 60.7 Å². The first-order valence-corrected chi connectivity index (χ1v) is 14.5. The van der Waals surface area contributed by atoms with E-state index in [1.54, 1.807) is 26.4 Å². The Balaban J connectivity index is 1.24. The number of nitriles is 1. The van der Waals surface area contributed by atoms with E-state index in [9.17, 15) is 10.1 Å². The average Bonchev–Trinajstić information content (AvgIpc) is 3.04. The monoisotopic (exact) mass is 568 g/mol. The maximum Gasteiger partial charge on any atom is 0.261 e. The molecule has 1 N–H and O–H groups in total. The molecule has 3 aromatic rings. The molecule has 0 atom stereocenters. The van der Waals surface area contributed by atoms with Gasteiger partial charge in [0, 0.05) is 39.3 Å². The Labute approximate surface area is 249 Å². The van der Waals surface area contributed by atoms with E-state index in [1.807, 2.05) is 54.6 Å². The molecule has 0 aromatic heterocycles. The first-order chi connectivity index (χ1) is 20.6. The number of nitrogens with one attached hydrogen (secondary N) is 1. The quantitative estimate of drug-likeness (QED) is 0.167. The van der Waals surface area contributed by atoms with Crippen molar-refractivity contribution in [1.29, 1.82) is 5.26 Å². The smallest absolute Gasteiger partial charge is 0.261 e. The number of carbonyl (C=O) groups excluding carboxylic acids is 1. The predicted octanol–water partition coefficient (Wildman–Crippen LogP) is 4.95. The normalized spacial score (nSPS) is 13.7. The van der Waals surface area contributed by atoms with E-state index in [0.29, 0.717) is 30.2 Å². The van der Waals surface area contributed by atoms with E-state index in [-0.39, 0.29) is 11.5 Å². The van der Waals surface area contributed by atoms with Crippen molar-refractivity contribution in [3.05, 3.63) is 89.5 Å². The molecule has 0 spiro atoms. The Morgan fingerprint density at radius 2 is 1.64 bits per heavy atom. The molecule has 42 heavy (non-hydrogen) atoms. The molecule has 220 valence electrons. The molecular formula is C34H40N4O4. The largest absolute Gasteiger partial charge is 0.495 e. The van der Waals surface area contributed by atoms with Crippen LogP contribution in [0, 0.1) is 11.3 Å². The summed E-state index contributed by atoms with van der Waals surface area (Å²) in [6, 6.07) is 25.7. The highest BCUT2D eigenvalue weighted by molar-refractivity contribution is 6.01. The number of rotatable bonds is 14. The van der Waals surface area contributed by atoms with Crippen LogP contribution in [0.3, 0.4) is 0 Å². The van der Waals surface area contributed by atoms with E-state index < -0.39 is 0 Å². The third-order valence-electron chi connectivity index (χ3n) is 7.31. The minimum Gasteiger partial charge on any atom is -0.495 e. The number of nitrogens with zero attached hydrogens (tertiary/aromatic N) is 3. The van der Waals surface area contributed by atoms with Crippen molar-refractivity contribution in [2.75, 3.05) is 65.0 Å². The van der Waals surface area contributed by atoms with Crippen LogP contribution in [0.2, 0.25) is 0 Å².